The van der Waals surface area contributed by atoms with Crippen molar-refractivity contribution in [1.82, 2.24) is 5.32 Å². The van der Waals surface area contributed by atoms with Gasteiger partial charge in [0.15, 0.2) is 18.1 Å². The number of azide groups is 1. The molecular formula is C21H24N4O3. The zero-order chi connectivity index (χ0) is 20.0. The molecule has 7 heteroatoms. The van der Waals surface area contributed by atoms with Crippen molar-refractivity contribution in [3.05, 3.63) is 70.1 Å². The molecule has 0 saturated heterocycles. The molecule has 0 bridgehead atoms. The van der Waals surface area contributed by atoms with Crippen molar-refractivity contribution in [2.75, 3.05) is 19.7 Å². The third-order valence-corrected chi connectivity index (χ3v) is 3.93. The number of nitrogens with zero attached hydrogens (tertiary/aromatic N) is 3. The molecule has 2 aromatic rings. The highest BCUT2D eigenvalue weighted by molar-refractivity contribution is 5.77. The number of aromatic hydroxyl groups is 1. The van der Waals surface area contributed by atoms with Crippen LogP contribution in [0.25, 0.3) is 22.6 Å². The van der Waals surface area contributed by atoms with E-state index in [9.17, 15) is 9.90 Å². The topological polar surface area (TPSA) is 107 Å². The van der Waals surface area contributed by atoms with Gasteiger partial charge < -0.3 is 15.2 Å². The molecule has 0 aliphatic heterocycles. The van der Waals surface area contributed by atoms with Gasteiger partial charge in [0.05, 0.1) is 0 Å². The van der Waals surface area contributed by atoms with Crippen LogP contribution in [-0.4, -0.2) is 30.7 Å². The van der Waals surface area contributed by atoms with Gasteiger partial charge in [0.1, 0.15) is 0 Å². The Hall–Kier alpha value is -3.44. The summed E-state index contributed by atoms with van der Waals surface area (Å²) in [7, 11) is 0. The molecule has 0 saturated carbocycles. The van der Waals surface area contributed by atoms with Gasteiger partial charge in [0, 0.05) is 18.0 Å². The summed E-state index contributed by atoms with van der Waals surface area (Å²) in [4.78, 5) is 14.5. The fourth-order valence-corrected chi connectivity index (χ4v) is 2.46. The molecule has 0 spiro atoms. The first-order valence-electron chi connectivity index (χ1n) is 9.15. The number of ether oxygens (including phenoxy) is 1. The second-order valence-corrected chi connectivity index (χ2v) is 6.12. The number of benzene rings is 2. The third kappa shape index (κ3) is 7.85. The molecule has 0 radical (unpaired) electrons. The second-order valence-electron chi connectivity index (χ2n) is 6.12. The Labute approximate surface area is 164 Å². The molecule has 0 fully saturated rings. The molecule has 1 amide bonds. The molecule has 2 rings (SSSR count). The molecule has 0 unspecified atom stereocenters. The van der Waals surface area contributed by atoms with Gasteiger partial charge in [-0.15, -0.1) is 0 Å². The molecule has 2 N–H and O–H groups in total. The molecule has 146 valence electrons. The monoisotopic (exact) mass is 380 g/mol. The first-order valence-corrected chi connectivity index (χ1v) is 9.15. The Bertz CT molecular complexity index is 831. The summed E-state index contributed by atoms with van der Waals surface area (Å²) >= 11 is 0. The zero-order valence-corrected chi connectivity index (χ0v) is 15.6. The summed E-state index contributed by atoms with van der Waals surface area (Å²) in [5.41, 5.74) is 10.1. The standard InChI is InChI=1S/C21H24N4O3/c22-25-24-14-6-2-5-13-23-21(27)16-28-20-15-18(11-12-19(20)26)10-9-17-7-3-1-4-8-17/h1,3-4,7-12,15,26H,2,5-6,13-14,16H2,(H,23,27)/b10-9+. The van der Waals surface area contributed by atoms with E-state index < -0.39 is 0 Å². The Balaban J connectivity index is 1.77. The molecule has 0 atom stereocenters. The Morgan fingerprint density at radius 1 is 1.11 bits per heavy atom. The lowest BCUT2D eigenvalue weighted by Gasteiger charge is -2.09. The first-order chi connectivity index (χ1) is 13.7. The Morgan fingerprint density at radius 3 is 2.68 bits per heavy atom. The van der Waals surface area contributed by atoms with E-state index in [0.717, 1.165) is 30.4 Å². The van der Waals surface area contributed by atoms with Crippen molar-refractivity contribution >= 4 is 18.1 Å². The molecule has 0 aromatic heterocycles. The average molecular weight is 380 g/mol. The van der Waals surface area contributed by atoms with E-state index in [1.807, 2.05) is 42.5 Å². The molecule has 2 aromatic carbocycles. The lowest BCUT2D eigenvalue weighted by atomic mass is 10.1. The largest absolute Gasteiger partial charge is 0.504 e. The van der Waals surface area contributed by atoms with Crippen LogP contribution in [0.2, 0.25) is 0 Å². The quantitative estimate of drug-likeness (QED) is 0.196. The fourth-order valence-electron chi connectivity index (χ4n) is 2.46. The highest BCUT2D eigenvalue weighted by Gasteiger charge is 2.07. The molecule has 7 nitrogen and oxygen atoms in total. The van der Waals surface area contributed by atoms with Gasteiger partial charge in [-0.2, -0.15) is 0 Å². The van der Waals surface area contributed by atoms with Gasteiger partial charge in [-0.05, 0) is 41.6 Å². The first kappa shape index (κ1) is 20.9. The van der Waals surface area contributed by atoms with E-state index in [1.165, 1.54) is 0 Å². The lowest BCUT2D eigenvalue weighted by molar-refractivity contribution is -0.123. The maximum Gasteiger partial charge on any atom is 0.257 e. The van der Waals surface area contributed by atoms with Crippen LogP contribution < -0.4 is 10.1 Å². The summed E-state index contributed by atoms with van der Waals surface area (Å²) in [5.74, 6) is 0.00196. The average Bonchev–Trinajstić information content (AvgIpc) is 2.72. The predicted molar refractivity (Wildman–Crippen MR) is 110 cm³/mol. The molecule has 0 aliphatic carbocycles. The highest BCUT2D eigenvalue weighted by Crippen LogP contribution is 2.27. The third-order valence-electron chi connectivity index (χ3n) is 3.93. The van der Waals surface area contributed by atoms with Crippen LogP contribution in [-0.2, 0) is 4.79 Å². The van der Waals surface area contributed by atoms with E-state index in [-0.39, 0.29) is 24.0 Å². The van der Waals surface area contributed by atoms with E-state index in [0.29, 0.717) is 13.1 Å². The zero-order valence-electron chi connectivity index (χ0n) is 15.6. The van der Waals surface area contributed by atoms with Crippen molar-refractivity contribution in [3.8, 4) is 11.5 Å². The smallest absolute Gasteiger partial charge is 0.257 e. The van der Waals surface area contributed by atoms with Crippen LogP contribution in [0.4, 0.5) is 0 Å². The Kier molecular flexibility index (Phi) is 8.97. The van der Waals surface area contributed by atoms with Crippen molar-refractivity contribution in [2.24, 2.45) is 5.11 Å². The van der Waals surface area contributed by atoms with E-state index >= 15 is 0 Å². The van der Waals surface area contributed by atoms with Crippen molar-refractivity contribution in [3.63, 3.8) is 0 Å². The van der Waals surface area contributed by atoms with Crippen LogP contribution in [0.15, 0.2) is 53.6 Å². The van der Waals surface area contributed by atoms with Crippen LogP contribution in [0.1, 0.15) is 30.4 Å². The van der Waals surface area contributed by atoms with E-state index in [2.05, 4.69) is 15.3 Å². The Morgan fingerprint density at radius 2 is 1.89 bits per heavy atom. The molecule has 0 heterocycles. The van der Waals surface area contributed by atoms with E-state index in [1.54, 1.807) is 18.2 Å². The van der Waals surface area contributed by atoms with Crippen LogP contribution >= 0.6 is 0 Å². The minimum atomic E-state index is -0.250. The SMILES string of the molecule is [N-]=[N+]=NCCCCCNC(=O)COc1cc(/C=C/c2ccccc2)ccc1O. The van der Waals surface area contributed by atoms with Crippen molar-refractivity contribution in [1.29, 1.82) is 0 Å². The van der Waals surface area contributed by atoms with Gasteiger partial charge >= 0.3 is 0 Å². The van der Waals surface area contributed by atoms with Crippen LogP contribution in [0.5, 0.6) is 11.5 Å². The van der Waals surface area contributed by atoms with Gasteiger partial charge in [0.2, 0.25) is 0 Å². The number of hydrogen-bond acceptors (Lipinski definition) is 4. The fraction of sp³-hybridized carbons (Fsp3) is 0.286. The summed E-state index contributed by atoms with van der Waals surface area (Å²) in [6, 6.07) is 14.9. The van der Waals surface area contributed by atoms with E-state index in [4.69, 9.17) is 10.3 Å². The number of unbranched alkanes of at least 4 members (excludes halogenated alkanes) is 2. The van der Waals surface area contributed by atoms with Gasteiger partial charge in [-0.1, -0.05) is 60.1 Å². The molecular weight excluding hydrogens is 356 g/mol. The number of nitrogens with one attached hydrogen (secondary N) is 1. The normalized spacial score (nSPS) is 10.4. The molecule has 28 heavy (non-hydrogen) atoms. The predicted octanol–water partition coefficient (Wildman–Crippen LogP) is 4.54. The summed E-state index contributed by atoms with van der Waals surface area (Å²) in [5, 5.41) is 16.2. The number of carbonyl (C=O) groups excluding carboxylic acids is 1. The maximum atomic E-state index is 11.9. The van der Waals surface area contributed by atoms with Gasteiger partial charge in [-0.3, -0.25) is 4.79 Å². The number of rotatable bonds is 11. The van der Waals surface area contributed by atoms with Gasteiger partial charge in [-0.25, -0.2) is 0 Å². The maximum absolute atomic E-state index is 11.9. The highest BCUT2D eigenvalue weighted by atomic mass is 16.5. The number of carbonyl (C=O) groups is 1. The number of phenolic OH excluding ortho intramolecular Hbond substituents is 1. The van der Waals surface area contributed by atoms with Crippen LogP contribution in [0, 0.1) is 0 Å². The number of hydrogen-bond donors (Lipinski definition) is 2. The lowest BCUT2D eigenvalue weighted by Crippen LogP contribution is -2.29. The molecule has 0 aliphatic rings. The van der Waals surface area contributed by atoms with Crippen molar-refractivity contribution < 1.29 is 14.6 Å². The summed E-state index contributed by atoms with van der Waals surface area (Å²) in [6.07, 6.45) is 6.35. The number of amides is 1. The summed E-state index contributed by atoms with van der Waals surface area (Å²) in [6.45, 7) is 0.838. The van der Waals surface area contributed by atoms with Crippen molar-refractivity contribution in [2.45, 2.75) is 19.3 Å². The number of phenols is 1. The summed E-state index contributed by atoms with van der Waals surface area (Å²) < 4.78 is 5.45. The van der Waals surface area contributed by atoms with Crippen LogP contribution in [0.3, 0.4) is 0 Å². The van der Waals surface area contributed by atoms with Gasteiger partial charge in [0.25, 0.3) is 5.91 Å². The minimum absolute atomic E-state index is 0.0114. The second kappa shape index (κ2) is 12.0. The minimum Gasteiger partial charge on any atom is -0.504 e.